The van der Waals surface area contributed by atoms with Gasteiger partial charge in [-0.25, -0.2) is 8.42 Å². The predicted molar refractivity (Wildman–Crippen MR) is 85.6 cm³/mol. The van der Waals surface area contributed by atoms with E-state index in [-0.39, 0.29) is 12.0 Å². The van der Waals surface area contributed by atoms with Crippen LogP contribution in [0.2, 0.25) is 0 Å². The van der Waals surface area contributed by atoms with Crippen molar-refractivity contribution in [3.05, 3.63) is 29.3 Å². The highest BCUT2D eigenvalue weighted by Crippen LogP contribution is 2.24. The lowest BCUT2D eigenvalue weighted by atomic mass is 10.2. The quantitative estimate of drug-likeness (QED) is 0.767. The second-order valence-electron chi connectivity index (χ2n) is 6.18. The fraction of sp³-hybridized carbons (Fsp3) is 0.562. The highest BCUT2D eigenvalue weighted by molar-refractivity contribution is 7.89. The number of cyclic esters (lactones) is 1. The Morgan fingerprint density at radius 3 is 2.43 bits per heavy atom. The van der Waals surface area contributed by atoms with Crippen LogP contribution in [0.4, 0.5) is 0 Å². The fourth-order valence-electron chi connectivity index (χ4n) is 3.20. The number of piperazine rings is 1. The van der Waals surface area contributed by atoms with Crippen LogP contribution in [-0.4, -0.2) is 62.4 Å². The highest BCUT2D eigenvalue weighted by atomic mass is 32.2. The summed E-state index contributed by atoms with van der Waals surface area (Å²) < 4.78 is 32.3. The van der Waals surface area contributed by atoms with Crippen molar-refractivity contribution in [2.75, 3.05) is 32.8 Å². The van der Waals surface area contributed by atoms with E-state index in [0.29, 0.717) is 44.1 Å². The van der Waals surface area contributed by atoms with Gasteiger partial charge >= 0.3 is 5.97 Å². The van der Waals surface area contributed by atoms with E-state index in [1.165, 1.54) is 4.31 Å². The van der Waals surface area contributed by atoms with Crippen LogP contribution in [0, 0.1) is 13.8 Å². The molecular weight excluding hydrogens is 316 g/mol. The molecule has 2 heterocycles. The highest BCUT2D eigenvalue weighted by Gasteiger charge is 2.36. The topological polar surface area (TPSA) is 66.9 Å². The molecule has 1 aromatic rings. The first-order valence-electron chi connectivity index (χ1n) is 7.88. The summed E-state index contributed by atoms with van der Waals surface area (Å²) in [4.78, 5) is 14.1. The largest absolute Gasteiger partial charge is 0.464 e. The minimum Gasteiger partial charge on any atom is -0.464 e. The number of sulfonamides is 1. The molecule has 0 saturated carbocycles. The molecule has 0 bridgehead atoms. The Hall–Kier alpha value is -1.44. The average Bonchev–Trinajstić information content (AvgIpc) is 2.96. The molecule has 0 amide bonds. The van der Waals surface area contributed by atoms with Crippen molar-refractivity contribution < 1.29 is 17.9 Å². The standard InChI is InChI=1S/C16H22N2O4S/c1-12-3-4-13(2)15(11-12)23(20,21)18-8-6-17(7-9-18)14-5-10-22-16(14)19/h3-4,11,14H,5-10H2,1-2H3/t14-/m1/s1. The van der Waals surface area contributed by atoms with Gasteiger partial charge in [-0.05, 0) is 31.0 Å². The molecular formula is C16H22N2O4S. The first-order valence-corrected chi connectivity index (χ1v) is 9.32. The molecule has 0 unspecified atom stereocenters. The maximum atomic E-state index is 12.9. The average molecular weight is 338 g/mol. The molecule has 2 saturated heterocycles. The molecule has 0 spiro atoms. The Balaban J connectivity index is 1.73. The van der Waals surface area contributed by atoms with Gasteiger partial charge < -0.3 is 4.74 Å². The molecule has 7 heteroatoms. The van der Waals surface area contributed by atoms with Gasteiger partial charge in [-0.2, -0.15) is 4.31 Å². The molecule has 2 fully saturated rings. The summed E-state index contributed by atoms with van der Waals surface area (Å²) in [6.07, 6.45) is 0.697. The minimum absolute atomic E-state index is 0.184. The van der Waals surface area contributed by atoms with E-state index in [2.05, 4.69) is 0 Å². The zero-order valence-corrected chi connectivity index (χ0v) is 14.3. The van der Waals surface area contributed by atoms with Crippen LogP contribution in [0.25, 0.3) is 0 Å². The Morgan fingerprint density at radius 1 is 1.13 bits per heavy atom. The SMILES string of the molecule is Cc1ccc(C)c(S(=O)(=O)N2CCN([C@@H]3CCOC3=O)CC2)c1. The van der Waals surface area contributed by atoms with Crippen LogP contribution in [0.3, 0.4) is 0 Å². The smallest absolute Gasteiger partial charge is 0.323 e. The van der Waals surface area contributed by atoms with Gasteiger partial charge in [0.05, 0.1) is 11.5 Å². The van der Waals surface area contributed by atoms with E-state index in [4.69, 9.17) is 4.74 Å². The lowest BCUT2D eigenvalue weighted by Crippen LogP contribution is -2.53. The summed E-state index contributed by atoms with van der Waals surface area (Å²) in [6.45, 7) is 6.09. The number of carbonyl (C=O) groups is 1. The Kier molecular flexibility index (Phi) is 4.44. The number of hydrogen-bond acceptors (Lipinski definition) is 5. The molecule has 6 nitrogen and oxygen atoms in total. The van der Waals surface area contributed by atoms with E-state index < -0.39 is 10.0 Å². The van der Waals surface area contributed by atoms with Crippen molar-refractivity contribution in [2.24, 2.45) is 0 Å². The van der Waals surface area contributed by atoms with Gasteiger partial charge in [-0.3, -0.25) is 9.69 Å². The van der Waals surface area contributed by atoms with Gasteiger partial charge in [0.15, 0.2) is 0 Å². The number of carbonyl (C=O) groups excluding carboxylic acids is 1. The Bertz CT molecular complexity index is 709. The molecule has 23 heavy (non-hydrogen) atoms. The van der Waals surface area contributed by atoms with Crippen molar-refractivity contribution in [2.45, 2.75) is 31.2 Å². The van der Waals surface area contributed by atoms with Crippen LogP contribution in [0.1, 0.15) is 17.5 Å². The molecule has 2 aliphatic rings. The van der Waals surface area contributed by atoms with Crippen molar-refractivity contribution in [3.8, 4) is 0 Å². The summed E-state index contributed by atoms with van der Waals surface area (Å²) in [7, 11) is -3.49. The van der Waals surface area contributed by atoms with Crippen LogP contribution in [0.15, 0.2) is 23.1 Å². The van der Waals surface area contributed by atoms with Crippen LogP contribution in [0.5, 0.6) is 0 Å². The summed E-state index contributed by atoms with van der Waals surface area (Å²) in [5, 5.41) is 0. The zero-order valence-electron chi connectivity index (χ0n) is 13.5. The van der Waals surface area contributed by atoms with Crippen LogP contribution >= 0.6 is 0 Å². The summed E-state index contributed by atoms with van der Waals surface area (Å²) in [5.41, 5.74) is 1.69. The van der Waals surface area contributed by atoms with Crippen LogP contribution in [-0.2, 0) is 19.6 Å². The Morgan fingerprint density at radius 2 is 1.83 bits per heavy atom. The van der Waals surface area contributed by atoms with Crippen molar-refractivity contribution >= 4 is 16.0 Å². The van der Waals surface area contributed by atoms with Gasteiger partial charge in [0.1, 0.15) is 6.04 Å². The minimum atomic E-state index is -3.49. The number of hydrogen-bond donors (Lipinski definition) is 0. The van der Waals surface area contributed by atoms with E-state index in [1.54, 1.807) is 6.07 Å². The van der Waals surface area contributed by atoms with E-state index >= 15 is 0 Å². The van der Waals surface area contributed by atoms with Crippen molar-refractivity contribution in [3.63, 3.8) is 0 Å². The molecule has 1 atom stereocenters. The third kappa shape index (κ3) is 3.13. The molecule has 0 aromatic heterocycles. The lowest BCUT2D eigenvalue weighted by molar-refractivity contribution is -0.142. The second kappa shape index (κ2) is 6.22. The monoisotopic (exact) mass is 338 g/mol. The van der Waals surface area contributed by atoms with Gasteiger partial charge in [0.2, 0.25) is 10.0 Å². The summed E-state index contributed by atoms with van der Waals surface area (Å²) >= 11 is 0. The number of rotatable bonds is 3. The fourth-order valence-corrected chi connectivity index (χ4v) is 4.93. The zero-order chi connectivity index (χ0) is 16.6. The predicted octanol–water partition coefficient (Wildman–Crippen LogP) is 0.925. The number of ether oxygens (including phenoxy) is 1. The van der Waals surface area contributed by atoms with Gasteiger partial charge in [-0.15, -0.1) is 0 Å². The summed E-state index contributed by atoms with van der Waals surface area (Å²) in [5.74, 6) is -0.184. The molecule has 2 aliphatic heterocycles. The van der Waals surface area contributed by atoms with Crippen molar-refractivity contribution in [1.82, 2.24) is 9.21 Å². The van der Waals surface area contributed by atoms with E-state index in [1.807, 2.05) is 30.9 Å². The number of nitrogens with zero attached hydrogens (tertiary/aromatic N) is 2. The van der Waals surface area contributed by atoms with E-state index in [9.17, 15) is 13.2 Å². The lowest BCUT2D eigenvalue weighted by Gasteiger charge is -2.36. The van der Waals surface area contributed by atoms with E-state index in [0.717, 1.165) is 11.1 Å². The van der Waals surface area contributed by atoms with Gasteiger partial charge in [0.25, 0.3) is 0 Å². The number of esters is 1. The normalized spacial score (nSPS) is 23.9. The number of benzene rings is 1. The van der Waals surface area contributed by atoms with Gasteiger partial charge in [-0.1, -0.05) is 12.1 Å². The molecule has 1 aromatic carbocycles. The maximum absolute atomic E-state index is 12.9. The third-order valence-corrected chi connectivity index (χ3v) is 6.62. The third-order valence-electron chi connectivity index (χ3n) is 4.58. The Labute approximate surface area is 137 Å². The molecule has 0 radical (unpaired) electrons. The summed E-state index contributed by atoms with van der Waals surface area (Å²) in [6, 6.07) is 5.27. The first kappa shape index (κ1) is 16.4. The first-order chi connectivity index (χ1) is 10.9. The van der Waals surface area contributed by atoms with Gasteiger partial charge in [0, 0.05) is 32.6 Å². The molecule has 0 aliphatic carbocycles. The van der Waals surface area contributed by atoms with Crippen molar-refractivity contribution in [1.29, 1.82) is 0 Å². The molecule has 0 N–H and O–H groups in total. The maximum Gasteiger partial charge on any atom is 0.323 e. The second-order valence-corrected chi connectivity index (χ2v) is 8.09. The number of aryl methyl sites for hydroxylation is 2. The molecule has 3 rings (SSSR count). The van der Waals surface area contributed by atoms with Crippen LogP contribution < -0.4 is 0 Å². The molecule has 126 valence electrons.